The second-order valence-corrected chi connectivity index (χ2v) is 8.21. The van der Waals surface area contributed by atoms with Gasteiger partial charge in [-0.3, -0.25) is 0 Å². The Kier molecular flexibility index (Phi) is 4.84. The lowest BCUT2D eigenvalue weighted by Crippen LogP contribution is -2.43. The number of anilines is 1. The number of likely N-dealkylation sites (tertiary alicyclic amines) is 1. The number of carbonyl (C=O) groups is 1. The Bertz CT molecular complexity index is 1090. The summed E-state index contributed by atoms with van der Waals surface area (Å²) in [5.41, 5.74) is 1.80. The number of urea groups is 1. The van der Waals surface area contributed by atoms with E-state index in [0.29, 0.717) is 19.0 Å². The lowest BCUT2D eigenvalue weighted by Gasteiger charge is -2.33. The quantitative estimate of drug-likeness (QED) is 0.686. The molecule has 30 heavy (non-hydrogen) atoms. The minimum absolute atomic E-state index is 0.00986. The van der Waals surface area contributed by atoms with Gasteiger partial charge in [-0.1, -0.05) is 0 Å². The van der Waals surface area contributed by atoms with Crippen LogP contribution >= 0.6 is 0 Å². The number of hydrogen-bond donors (Lipinski definition) is 1. The number of fused-ring (bicyclic) bond motifs is 1. The number of halogens is 2. The van der Waals surface area contributed by atoms with Gasteiger partial charge in [-0.2, -0.15) is 0 Å². The van der Waals surface area contributed by atoms with Crippen molar-refractivity contribution in [3.63, 3.8) is 0 Å². The molecule has 1 saturated heterocycles. The highest BCUT2D eigenvalue weighted by Crippen LogP contribution is 2.41. The third-order valence-electron chi connectivity index (χ3n) is 5.90. The van der Waals surface area contributed by atoms with Gasteiger partial charge in [0.15, 0.2) is 5.65 Å². The SMILES string of the molecule is O=C(Nc1ccc(F)cc1F)N1CCCC(Cn2c(C3CC3)nc3cccnc32)C1. The maximum absolute atomic E-state index is 13.9. The number of aromatic nitrogens is 3. The van der Waals surface area contributed by atoms with E-state index in [4.69, 9.17) is 4.98 Å². The number of nitrogens with one attached hydrogen (secondary N) is 1. The Morgan fingerprint density at radius 3 is 2.87 bits per heavy atom. The van der Waals surface area contributed by atoms with Crippen LogP contribution in [0.3, 0.4) is 0 Å². The fourth-order valence-corrected chi connectivity index (χ4v) is 4.25. The maximum Gasteiger partial charge on any atom is 0.321 e. The first-order valence-electron chi connectivity index (χ1n) is 10.4. The fourth-order valence-electron chi connectivity index (χ4n) is 4.25. The van der Waals surface area contributed by atoms with Crippen molar-refractivity contribution in [1.82, 2.24) is 19.4 Å². The summed E-state index contributed by atoms with van der Waals surface area (Å²) in [7, 11) is 0. The molecule has 5 rings (SSSR count). The second kappa shape index (κ2) is 7.66. The highest BCUT2D eigenvalue weighted by Gasteiger charge is 2.32. The molecule has 1 unspecified atom stereocenters. The van der Waals surface area contributed by atoms with Gasteiger partial charge in [0.05, 0.1) is 5.69 Å². The van der Waals surface area contributed by atoms with Crippen molar-refractivity contribution in [2.45, 2.75) is 38.1 Å². The molecule has 2 fully saturated rings. The molecule has 0 spiro atoms. The number of hydrogen-bond acceptors (Lipinski definition) is 3. The number of piperidine rings is 1. The molecule has 1 N–H and O–H groups in total. The molecule has 2 amide bonds. The largest absolute Gasteiger partial charge is 0.324 e. The van der Waals surface area contributed by atoms with Gasteiger partial charge >= 0.3 is 6.03 Å². The van der Waals surface area contributed by atoms with Crippen LogP contribution in [0.15, 0.2) is 36.5 Å². The molecule has 3 heterocycles. The molecule has 1 aliphatic heterocycles. The number of amides is 2. The van der Waals surface area contributed by atoms with Gasteiger partial charge in [0.1, 0.15) is 23.0 Å². The average molecular weight is 411 g/mol. The number of pyridine rings is 1. The Balaban J connectivity index is 1.31. The fraction of sp³-hybridized carbons (Fsp3) is 0.409. The van der Waals surface area contributed by atoms with E-state index in [1.807, 2.05) is 12.1 Å². The molecule has 3 aromatic rings. The molecule has 1 saturated carbocycles. The molecule has 0 radical (unpaired) electrons. The van der Waals surface area contributed by atoms with Gasteiger partial charge in [-0.05, 0) is 55.9 Å². The summed E-state index contributed by atoms with van der Waals surface area (Å²) in [5.74, 6) is 0.417. The lowest BCUT2D eigenvalue weighted by molar-refractivity contribution is 0.170. The van der Waals surface area contributed by atoms with Crippen molar-refractivity contribution in [3.05, 3.63) is 54.0 Å². The summed E-state index contributed by atoms with van der Waals surface area (Å²) in [4.78, 5) is 23.7. The third-order valence-corrected chi connectivity index (χ3v) is 5.90. The zero-order valence-electron chi connectivity index (χ0n) is 16.5. The van der Waals surface area contributed by atoms with Crippen LogP contribution < -0.4 is 5.32 Å². The number of rotatable bonds is 4. The molecule has 2 aliphatic rings. The average Bonchev–Trinajstić information content (AvgIpc) is 3.53. The predicted octanol–water partition coefficient (Wildman–Crippen LogP) is 4.53. The first-order chi connectivity index (χ1) is 14.6. The van der Waals surface area contributed by atoms with Gasteiger partial charge < -0.3 is 14.8 Å². The number of imidazole rings is 1. The Morgan fingerprint density at radius 2 is 2.07 bits per heavy atom. The van der Waals surface area contributed by atoms with Crippen LogP contribution in [0.4, 0.5) is 19.3 Å². The van der Waals surface area contributed by atoms with Crippen molar-refractivity contribution >= 4 is 22.9 Å². The molecule has 2 aromatic heterocycles. The van der Waals surface area contributed by atoms with E-state index in [2.05, 4.69) is 14.9 Å². The minimum Gasteiger partial charge on any atom is -0.324 e. The zero-order chi connectivity index (χ0) is 20.7. The summed E-state index contributed by atoms with van der Waals surface area (Å²) in [5, 5.41) is 2.57. The summed E-state index contributed by atoms with van der Waals surface area (Å²) in [6.07, 6.45) is 5.99. The molecular weight excluding hydrogens is 388 g/mol. The standard InChI is InChI=1S/C22H23F2N5O/c23-16-7-8-18(17(24)11-16)27-22(30)28-10-2-3-14(12-28)13-29-20(15-5-6-15)26-19-4-1-9-25-21(19)29/h1,4,7-9,11,14-15H,2-3,5-6,10,12-13H2,(H,27,30). The van der Waals surface area contributed by atoms with Gasteiger partial charge in [-0.25, -0.2) is 23.5 Å². The van der Waals surface area contributed by atoms with E-state index in [-0.39, 0.29) is 17.6 Å². The van der Waals surface area contributed by atoms with E-state index in [1.54, 1.807) is 11.1 Å². The summed E-state index contributed by atoms with van der Waals surface area (Å²) in [6.45, 7) is 1.95. The third kappa shape index (κ3) is 3.74. The predicted molar refractivity (Wildman–Crippen MR) is 109 cm³/mol. The number of benzene rings is 1. The van der Waals surface area contributed by atoms with E-state index in [9.17, 15) is 13.6 Å². The van der Waals surface area contributed by atoms with Crippen LogP contribution in [0, 0.1) is 17.6 Å². The van der Waals surface area contributed by atoms with E-state index in [0.717, 1.165) is 61.3 Å². The Morgan fingerprint density at radius 1 is 1.20 bits per heavy atom. The number of nitrogens with zero attached hydrogens (tertiary/aromatic N) is 4. The Labute approximate surface area is 172 Å². The molecular formula is C22H23F2N5O. The first kappa shape index (κ1) is 19.0. The van der Waals surface area contributed by atoms with Gasteiger partial charge in [0, 0.05) is 37.8 Å². The van der Waals surface area contributed by atoms with Crippen LogP contribution in [0.5, 0.6) is 0 Å². The van der Waals surface area contributed by atoms with E-state index >= 15 is 0 Å². The molecule has 6 nitrogen and oxygen atoms in total. The molecule has 1 aliphatic carbocycles. The Hall–Kier alpha value is -3.03. The van der Waals surface area contributed by atoms with Crippen LogP contribution in [0.1, 0.15) is 37.4 Å². The second-order valence-electron chi connectivity index (χ2n) is 8.21. The van der Waals surface area contributed by atoms with Crippen LogP contribution in [-0.4, -0.2) is 38.6 Å². The van der Waals surface area contributed by atoms with Gasteiger partial charge in [0.25, 0.3) is 0 Å². The topological polar surface area (TPSA) is 63.1 Å². The summed E-state index contributed by atoms with van der Waals surface area (Å²) < 4.78 is 29.2. The molecule has 8 heteroatoms. The van der Waals surface area contributed by atoms with Crippen molar-refractivity contribution in [2.75, 3.05) is 18.4 Å². The summed E-state index contributed by atoms with van der Waals surface area (Å²) >= 11 is 0. The van der Waals surface area contributed by atoms with Crippen molar-refractivity contribution in [3.8, 4) is 0 Å². The van der Waals surface area contributed by atoms with Crippen LogP contribution in [0.25, 0.3) is 11.2 Å². The van der Waals surface area contributed by atoms with Crippen LogP contribution in [0.2, 0.25) is 0 Å². The van der Waals surface area contributed by atoms with Crippen molar-refractivity contribution in [1.29, 1.82) is 0 Å². The van der Waals surface area contributed by atoms with E-state index < -0.39 is 11.6 Å². The molecule has 1 aromatic carbocycles. The highest BCUT2D eigenvalue weighted by molar-refractivity contribution is 5.89. The lowest BCUT2D eigenvalue weighted by atomic mass is 9.98. The normalized spacial score (nSPS) is 19.3. The summed E-state index contributed by atoms with van der Waals surface area (Å²) in [6, 6.07) is 6.68. The zero-order valence-corrected chi connectivity index (χ0v) is 16.5. The monoisotopic (exact) mass is 411 g/mol. The van der Waals surface area contributed by atoms with Gasteiger partial charge in [0.2, 0.25) is 0 Å². The van der Waals surface area contributed by atoms with Crippen molar-refractivity contribution in [2.24, 2.45) is 5.92 Å². The molecule has 156 valence electrons. The highest BCUT2D eigenvalue weighted by atomic mass is 19.1. The molecule has 0 bridgehead atoms. The number of carbonyl (C=O) groups excluding carboxylic acids is 1. The van der Waals surface area contributed by atoms with Crippen LogP contribution in [-0.2, 0) is 6.54 Å². The van der Waals surface area contributed by atoms with Crippen molar-refractivity contribution < 1.29 is 13.6 Å². The smallest absolute Gasteiger partial charge is 0.321 e. The molecule has 1 atom stereocenters. The van der Waals surface area contributed by atoms with Gasteiger partial charge in [-0.15, -0.1) is 0 Å². The van der Waals surface area contributed by atoms with E-state index in [1.165, 1.54) is 6.07 Å². The maximum atomic E-state index is 13.9. The first-order valence-corrected chi connectivity index (χ1v) is 10.4. The minimum atomic E-state index is -0.776.